The van der Waals surface area contributed by atoms with Crippen LogP contribution in [0.15, 0.2) is 54.1 Å². The van der Waals surface area contributed by atoms with E-state index < -0.39 is 5.60 Å². The van der Waals surface area contributed by atoms with Crippen molar-refractivity contribution in [3.63, 3.8) is 0 Å². The van der Waals surface area contributed by atoms with Crippen LogP contribution in [-0.2, 0) is 5.60 Å². The molecule has 1 fully saturated rings. The molecule has 6 heteroatoms. The van der Waals surface area contributed by atoms with Crippen LogP contribution in [0.4, 0.5) is 5.69 Å². The summed E-state index contributed by atoms with van der Waals surface area (Å²) in [6.45, 7) is 7.75. The molecule has 0 spiro atoms. The van der Waals surface area contributed by atoms with Gasteiger partial charge in [0.25, 0.3) is 0 Å². The molecule has 2 aliphatic rings. The second-order valence-corrected chi connectivity index (χ2v) is 8.84. The monoisotopic (exact) mass is 404 g/mol. The van der Waals surface area contributed by atoms with E-state index >= 15 is 0 Å². The molecule has 2 atom stereocenters. The van der Waals surface area contributed by atoms with E-state index in [9.17, 15) is 5.11 Å². The smallest absolute Gasteiger partial charge is 0.130 e. The Bertz CT molecular complexity index is 1110. The van der Waals surface area contributed by atoms with Crippen molar-refractivity contribution < 1.29 is 5.11 Å². The second kappa shape index (κ2) is 6.68. The normalized spacial score (nSPS) is 23.3. The van der Waals surface area contributed by atoms with Crippen molar-refractivity contribution in [1.29, 1.82) is 0 Å². The summed E-state index contributed by atoms with van der Waals surface area (Å²) in [6, 6.07) is 12.2. The van der Waals surface area contributed by atoms with Gasteiger partial charge in [-0.05, 0) is 30.7 Å². The third-order valence-corrected chi connectivity index (χ3v) is 7.05. The molecule has 0 radical (unpaired) electrons. The van der Waals surface area contributed by atoms with Gasteiger partial charge in [-0.2, -0.15) is 0 Å². The molecule has 1 aromatic carbocycles. The van der Waals surface area contributed by atoms with Gasteiger partial charge in [-0.3, -0.25) is 4.98 Å². The van der Waals surface area contributed by atoms with Crippen molar-refractivity contribution >= 4 is 17.0 Å². The van der Waals surface area contributed by atoms with E-state index in [2.05, 4.69) is 29.4 Å². The number of thiazole rings is 1. The minimum Gasteiger partial charge on any atom is -0.382 e. The number of aromatic nitrogens is 2. The van der Waals surface area contributed by atoms with Gasteiger partial charge in [0, 0.05) is 48.9 Å². The Kier molecular flexibility index (Phi) is 4.22. The average molecular weight is 405 g/mol. The molecular formula is C23H24N4OS. The van der Waals surface area contributed by atoms with Crippen molar-refractivity contribution in [2.75, 3.05) is 25.5 Å². The number of anilines is 1. The summed E-state index contributed by atoms with van der Waals surface area (Å²) >= 11 is 1.67. The molecule has 0 bridgehead atoms. The summed E-state index contributed by atoms with van der Waals surface area (Å²) in [5, 5.41) is 17.8. The minimum atomic E-state index is -1.00. The molecule has 0 saturated carbocycles. The summed E-state index contributed by atoms with van der Waals surface area (Å²) < 4.78 is 0. The van der Waals surface area contributed by atoms with E-state index in [0.717, 1.165) is 57.7 Å². The van der Waals surface area contributed by atoms with E-state index in [1.165, 1.54) is 0 Å². The molecule has 2 aliphatic heterocycles. The van der Waals surface area contributed by atoms with Gasteiger partial charge in [0.1, 0.15) is 10.6 Å². The summed E-state index contributed by atoms with van der Waals surface area (Å²) in [5.74, 6) is 0.180. The lowest BCUT2D eigenvalue weighted by atomic mass is 9.89. The Balaban J connectivity index is 1.47. The van der Waals surface area contributed by atoms with E-state index in [-0.39, 0.29) is 5.92 Å². The molecule has 3 aromatic rings. The van der Waals surface area contributed by atoms with Crippen LogP contribution in [0.1, 0.15) is 34.3 Å². The van der Waals surface area contributed by atoms with E-state index in [1.54, 1.807) is 11.3 Å². The second-order valence-electron chi connectivity index (χ2n) is 7.95. The Morgan fingerprint density at radius 2 is 2.14 bits per heavy atom. The molecular weight excluding hydrogens is 380 g/mol. The van der Waals surface area contributed by atoms with Gasteiger partial charge in [0.15, 0.2) is 0 Å². The first-order valence-corrected chi connectivity index (χ1v) is 10.7. The Morgan fingerprint density at radius 3 is 2.93 bits per heavy atom. The van der Waals surface area contributed by atoms with E-state index in [0.29, 0.717) is 6.42 Å². The van der Waals surface area contributed by atoms with E-state index in [4.69, 9.17) is 9.97 Å². The quantitative estimate of drug-likeness (QED) is 0.688. The van der Waals surface area contributed by atoms with Crippen molar-refractivity contribution in [2.45, 2.75) is 24.9 Å². The van der Waals surface area contributed by atoms with Crippen LogP contribution in [0.2, 0.25) is 0 Å². The topological polar surface area (TPSA) is 61.3 Å². The number of likely N-dealkylation sites (tertiary alicyclic amines) is 1. The molecule has 5 rings (SSSR count). The molecule has 4 heterocycles. The highest BCUT2D eigenvalue weighted by Crippen LogP contribution is 2.41. The highest BCUT2D eigenvalue weighted by molar-refractivity contribution is 7.10. The third kappa shape index (κ3) is 2.94. The van der Waals surface area contributed by atoms with Crippen molar-refractivity contribution in [2.24, 2.45) is 0 Å². The molecule has 0 amide bonds. The lowest BCUT2D eigenvalue weighted by molar-refractivity contribution is 0.0815. The van der Waals surface area contributed by atoms with Crippen molar-refractivity contribution in [1.82, 2.24) is 14.9 Å². The van der Waals surface area contributed by atoms with Crippen LogP contribution in [0, 0.1) is 6.92 Å². The maximum absolute atomic E-state index is 11.2. The standard InChI is InChI=1S/C23H24N4OS/c1-14-7-8-19-21(25-14)18(12-24-19)22-26-20(13-29-22)16-5-4-6-17(11-16)23(28)9-10-27(3)15(23)2/h4-8,11,13,18,24,28H,2,9-10,12H2,1,3H3. The SMILES string of the molecule is C=C1N(C)CCC1(O)c1cccc(-c2csc(C3CNc4ccc(C)nc43)n2)c1. The predicted molar refractivity (Wildman–Crippen MR) is 117 cm³/mol. The first-order chi connectivity index (χ1) is 14.0. The molecule has 2 aromatic heterocycles. The summed E-state index contributed by atoms with van der Waals surface area (Å²) in [4.78, 5) is 11.7. The number of pyridine rings is 1. The number of fused-ring (bicyclic) bond motifs is 1. The van der Waals surface area contributed by atoms with Crippen LogP contribution in [0.3, 0.4) is 0 Å². The predicted octanol–water partition coefficient (Wildman–Crippen LogP) is 4.11. The fourth-order valence-electron chi connectivity index (χ4n) is 4.26. The summed E-state index contributed by atoms with van der Waals surface area (Å²) in [7, 11) is 1.97. The molecule has 0 aliphatic carbocycles. The first kappa shape index (κ1) is 18.3. The van der Waals surface area contributed by atoms with Crippen LogP contribution in [0.5, 0.6) is 0 Å². The lowest BCUT2D eigenvalue weighted by Crippen LogP contribution is -2.26. The molecule has 2 unspecified atom stereocenters. The zero-order chi connectivity index (χ0) is 20.2. The number of hydrogen-bond acceptors (Lipinski definition) is 6. The van der Waals surface area contributed by atoms with Gasteiger partial charge >= 0.3 is 0 Å². The van der Waals surface area contributed by atoms with Gasteiger partial charge in [0.2, 0.25) is 0 Å². The number of aliphatic hydroxyl groups is 1. The Morgan fingerprint density at radius 1 is 1.28 bits per heavy atom. The Hall–Kier alpha value is -2.70. The van der Waals surface area contributed by atoms with Crippen molar-refractivity contribution in [3.8, 4) is 11.3 Å². The number of nitrogens with one attached hydrogen (secondary N) is 1. The maximum Gasteiger partial charge on any atom is 0.130 e. The van der Waals surface area contributed by atoms with Gasteiger partial charge < -0.3 is 15.3 Å². The molecule has 29 heavy (non-hydrogen) atoms. The van der Waals surface area contributed by atoms with Gasteiger partial charge in [-0.1, -0.05) is 24.8 Å². The van der Waals surface area contributed by atoms with Crippen LogP contribution in [0.25, 0.3) is 11.3 Å². The maximum atomic E-state index is 11.2. The molecule has 2 N–H and O–H groups in total. The third-order valence-electron chi connectivity index (χ3n) is 6.09. The van der Waals surface area contributed by atoms with Crippen LogP contribution >= 0.6 is 11.3 Å². The number of hydrogen-bond donors (Lipinski definition) is 2. The fraction of sp³-hybridized carbons (Fsp3) is 0.304. The number of likely N-dealkylation sites (N-methyl/N-ethyl adjacent to an activating group) is 1. The lowest BCUT2D eigenvalue weighted by Gasteiger charge is -2.26. The average Bonchev–Trinajstić information content (AvgIpc) is 3.43. The van der Waals surface area contributed by atoms with Crippen LogP contribution < -0.4 is 5.32 Å². The fourth-order valence-corrected chi connectivity index (χ4v) is 5.19. The number of rotatable bonds is 3. The van der Waals surface area contributed by atoms with Gasteiger partial charge in [0.05, 0.1) is 23.0 Å². The zero-order valence-electron chi connectivity index (χ0n) is 16.6. The van der Waals surface area contributed by atoms with Gasteiger partial charge in [-0.25, -0.2) is 4.98 Å². The van der Waals surface area contributed by atoms with Crippen molar-refractivity contribution in [3.05, 3.63) is 76.0 Å². The molecule has 5 nitrogen and oxygen atoms in total. The van der Waals surface area contributed by atoms with E-state index in [1.807, 2.05) is 43.1 Å². The molecule has 148 valence electrons. The number of aryl methyl sites for hydroxylation is 1. The summed E-state index contributed by atoms with van der Waals surface area (Å²) in [6.07, 6.45) is 0.656. The highest BCUT2D eigenvalue weighted by Gasteiger charge is 2.40. The largest absolute Gasteiger partial charge is 0.382 e. The highest BCUT2D eigenvalue weighted by atomic mass is 32.1. The number of benzene rings is 1. The number of nitrogens with zero attached hydrogens (tertiary/aromatic N) is 3. The molecule has 1 saturated heterocycles. The Labute approximate surface area is 174 Å². The minimum absolute atomic E-state index is 0.180. The zero-order valence-corrected chi connectivity index (χ0v) is 17.5. The van der Waals surface area contributed by atoms with Crippen LogP contribution in [-0.4, -0.2) is 40.1 Å². The van der Waals surface area contributed by atoms with Gasteiger partial charge in [-0.15, -0.1) is 11.3 Å². The first-order valence-electron chi connectivity index (χ1n) is 9.86. The summed E-state index contributed by atoms with van der Waals surface area (Å²) in [5.41, 5.74) is 5.80.